The molecule has 0 atom stereocenters. The summed E-state index contributed by atoms with van der Waals surface area (Å²) in [5.41, 5.74) is 1.47. The van der Waals surface area contributed by atoms with Gasteiger partial charge in [-0.05, 0) is 67.3 Å². The molecule has 0 radical (unpaired) electrons. The lowest BCUT2D eigenvalue weighted by atomic mass is 9.97. The molecule has 0 aromatic carbocycles. The predicted molar refractivity (Wildman–Crippen MR) is 111 cm³/mol. The van der Waals surface area contributed by atoms with E-state index >= 15 is 0 Å². The molecule has 0 fully saturated rings. The van der Waals surface area contributed by atoms with Crippen molar-refractivity contribution in [3.63, 3.8) is 0 Å². The summed E-state index contributed by atoms with van der Waals surface area (Å²) in [6.45, 7) is 0.305. The number of hydrogen-bond acceptors (Lipinski definition) is 7. The van der Waals surface area contributed by atoms with Gasteiger partial charge in [0.05, 0.1) is 18.2 Å². The van der Waals surface area contributed by atoms with E-state index in [1.807, 2.05) is 18.2 Å². The molecule has 29 heavy (non-hydrogen) atoms. The quantitative estimate of drug-likeness (QED) is 0.455. The molecule has 144 valence electrons. The average molecular weight is 421 g/mol. The average Bonchev–Trinajstić information content (AvgIpc) is 3.38. The fourth-order valence-corrected chi connectivity index (χ4v) is 5.80. The van der Waals surface area contributed by atoms with Gasteiger partial charge in [0.2, 0.25) is 0 Å². The predicted octanol–water partition coefficient (Wildman–Crippen LogP) is 4.40. The van der Waals surface area contributed by atoms with Crippen molar-refractivity contribution in [2.75, 3.05) is 0 Å². The Hall–Kier alpha value is -2.89. The molecule has 4 heterocycles. The van der Waals surface area contributed by atoms with Crippen LogP contribution in [0.2, 0.25) is 0 Å². The number of fused-ring (bicyclic) bond motifs is 3. The lowest BCUT2D eigenvalue weighted by Gasteiger charge is -2.12. The number of furan rings is 1. The highest BCUT2D eigenvalue weighted by atomic mass is 32.2. The van der Waals surface area contributed by atoms with Gasteiger partial charge < -0.3 is 4.42 Å². The van der Waals surface area contributed by atoms with Crippen molar-refractivity contribution in [1.29, 1.82) is 5.26 Å². The summed E-state index contributed by atoms with van der Waals surface area (Å²) in [6.07, 6.45) is 5.82. The number of nitrogens with zero attached hydrogens (tertiary/aromatic N) is 4. The molecule has 0 unspecified atom stereocenters. The molecular weight excluding hydrogens is 404 g/mol. The maximum atomic E-state index is 13.5. The summed E-state index contributed by atoms with van der Waals surface area (Å²) in [5, 5.41) is 11.1. The van der Waals surface area contributed by atoms with Crippen LogP contribution in [0.1, 0.15) is 34.7 Å². The number of aryl methyl sites for hydroxylation is 2. The van der Waals surface area contributed by atoms with Gasteiger partial charge in [0.15, 0.2) is 5.16 Å². The van der Waals surface area contributed by atoms with Gasteiger partial charge in [-0.25, -0.2) is 9.97 Å². The molecule has 0 amide bonds. The van der Waals surface area contributed by atoms with Crippen molar-refractivity contribution in [3.8, 4) is 6.07 Å². The van der Waals surface area contributed by atoms with E-state index in [4.69, 9.17) is 14.7 Å². The van der Waals surface area contributed by atoms with Crippen LogP contribution < -0.4 is 5.56 Å². The van der Waals surface area contributed by atoms with Gasteiger partial charge >= 0.3 is 0 Å². The molecule has 0 spiro atoms. The number of rotatable bonds is 4. The molecule has 0 saturated carbocycles. The SMILES string of the molecule is N#Cc1cccc(Sc2nc3sc4c(c3c(=O)n2Cc2ccco2)CCCC4)n1. The third-order valence-electron chi connectivity index (χ3n) is 4.97. The number of aromatic nitrogens is 3. The van der Waals surface area contributed by atoms with Gasteiger partial charge in [-0.1, -0.05) is 6.07 Å². The van der Waals surface area contributed by atoms with Crippen LogP contribution in [0.3, 0.4) is 0 Å². The Morgan fingerprint density at radius 1 is 1.21 bits per heavy atom. The Labute approximate surface area is 174 Å². The summed E-state index contributed by atoms with van der Waals surface area (Å²) in [5.74, 6) is 0.693. The van der Waals surface area contributed by atoms with Crippen LogP contribution in [0, 0.1) is 11.3 Å². The summed E-state index contributed by atoms with van der Waals surface area (Å²) in [6, 6.07) is 11.0. The van der Waals surface area contributed by atoms with Crippen LogP contribution in [0.15, 0.2) is 56.0 Å². The fourth-order valence-electron chi connectivity index (χ4n) is 3.62. The monoisotopic (exact) mass is 420 g/mol. The minimum absolute atomic E-state index is 0.0373. The highest BCUT2D eigenvalue weighted by Crippen LogP contribution is 2.35. The number of nitriles is 1. The second kappa shape index (κ2) is 7.50. The Balaban J connectivity index is 1.68. The van der Waals surface area contributed by atoms with Gasteiger partial charge in [0.1, 0.15) is 27.4 Å². The summed E-state index contributed by atoms with van der Waals surface area (Å²) in [4.78, 5) is 24.8. The van der Waals surface area contributed by atoms with E-state index in [2.05, 4.69) is 11.1 Å². The molecule has 6 nitrogen and oxygen atoms in total. The highest BCUT2D eigenvalue weighted by molar-refractivity contribution is 7.99. The van der Waals surface area contributed by atoms with Crippen molar-refractivity contribution in [1.82, 2.24) is 14.5 Å². The molecule has 1 aliphatic carbocycles. The van der Waals surface area contributed by atoms with E-state index in [1.54, 1.807) is 34.3 Å². The van der Waals surface area contributed by atoms with E-state index in [1.165, 1.54) is 22.2 Å². The van der Waals surface area contributed by atoms with E-state index in [-0.39, 0.29) is 5.56 Å². The molecule has 0 N–H and O–H groups in total. The maximum Gasteiger partial charge on any atom is 0.263 e. The third-order valence-corrected chi connectivity index (χ3v) is 7.08. The van der Waals surface area contributed by atoms with Crippen LogP contribution in [-0.2, 0) is 19.4 Å². The molecule has 0 saturated heterocycles. The van der Waals surface area contributed by atoms with Crippen molar-refractivity contribution in [3.05, 3.63) is 68.8 Å². The minimum atomic E-state index is -0.0373. The lowest BCUT2D eigenvalue weighted by Crippen LogP contribution is -2.24. The van der Waals surface area contributed by atoms with E-state index in [0.717, 1.165) is 35.9 Å². The third kappa shape index (κ3) is 3.37. The Morgan fingerprint density at radius 2 is 2.10 bits per heavy atom. The lowest BCUT2D eigenvalue weighted by molar-refractivity contribution is 0.476. The molecule has 0 bridgehead atoms. The zero-order valence-corrected chi connectivity index (χ0v) is 17.1. The molecule has 5 rings (SSSR count). The molecular formula is C21H16N4O2S2. The minimum Gasteiger partial charge on any atom is -0.467 e. The second-order valence-electron chi connectivity index (χ2n) is 6.83. The smallest absolute Gasteiger partial charge is 0.263 e. The first-order valence-corrected chi connectivity index (χ1v) is 11.0. The highest BCUT2D eigenvalue weighted by Gasteiger charge is 2.23. The molecule has 1 aliphatic rings. The van der Waals surface area contributed by atoms with Gasteiger partial charge in [-0.15, -0.1) is 11.3 Å². The summed E-state index contributed by atoms with van der Waals surface area (Å²) < 4.78 is 7.15. The summed E-state index contributed by atoms with van der Waals surface area (Å²) in [7, 11) is 0. The molecule has 8 heteroatoms. The first-order valence-electron chi connectivity index (χ1n) is 9.35. The molecule has 4 aromatic rings. The standard InChI is InChI=1S/C21H16N4O2S2/c22-11-13-5-3-9-17(23-13)29-21-24-19-18(15-7-1-2-8-16(15)28-19)20(26)25(21)12-14-6-4-10-27-14/h3-6,9-10H,1-2,7-8,12H2. The van der Waals surface area contributed by atoms with Crippen molar-refractivity contribution >= 4 is 33.3 Å². The summed E-state index contributed by atoms with van der Waals surface area (Å²) >= 11 is 2.92. The Morgan fingerprint density at radius 3 is 2.93 bits per heavy atom. The van der Waals surface area contributed by atoms with Crippen LogP contribution in [0.25, 0.3) is 10.2 Å². The molecule has 4 aromatic heterocycles. The zero-order valence-electron chi connectivity index (χ0n) is 15.4. The largest absolute Gasteiger partial charge is 0.467 e. The zero-order chi connectivity index (χ0) is 19.8. The van der Waals surface area contributed by atoms with Gasteiger partial charge in [0.25, 0.3) is 5.56 Å². The maximum absolute atomic E-state index is 13.5. The van der Waals surface area contributed by atoms with E-state index in [0.29, 0.717) is 28.2 Å². The Bertz CT molecular complexity index is 1300. The number of pyridine rings is 1. The number of hydrogen-bond donors (Lipinski definition) is 0. The van der Waals surface area contributed by atoms with Crippen LogP contribution in [0.5, 0.6) is 0 Å². The fraction of sp³-hybridized carbons (Fsp3) is 0.238. The van der Waals surface area contributed by atoms with Crippen molar-refractivity contribution in [2.24, 2.45) is 0 Å². The molecule has 0 aliphatic heterocycles. The van der Waals surface area contributed by atoms with Crippen LogP contribution in [0.4, 0.5) is 0 Å². The Kier molecular flexibility index (Phi) is 4.70. The number of thiophene rings is 1. The van der Waals surface area contributed by atoms with Gasteiger partial charge in [0, 0.05) is 4.88 Å². The van der Waals surface area contributed by atoms with E-state index in [9.17, 15) is 4.79 Å². The van der Waals surface area contributed by atoms with Gasteiger partial charge in [-0.3, -0.25) is 9.36 Å². The van der Waals surface area contributed by atoms with Crippen LogP contribution >= 0.6 is 23.1 Å². The van der Waals surface area contributed by atoms with Crippen LogP contribution in [-0.4, -0.2) is 14.5 Å². The second-order valence-corrected chi connectivity index (χ2v) is 8.90. The normalized spacial score (nSPS) is 13.3. The van der Waals surface area contributed by atoms with Gasteiger partial charge in [-0.2, -0.15) is 5.26 Å². The first-order chi connectivity index (χ1) is 14.2. The van der Waals surface area contributed by atoms with Crippen molar-refractivity contribution < 1.29 is 4.42 Å². The van der Waals surface area contributed by atoms with E-state index < -0.39 is 0 Å². The first kappa shape index (κ1) is 18.2. The topological polar surface area (TPSA) is 84.7 Å². The van der Waals surface area contributed by atoms with Crippen molar-refractivity contribution in [2.45, 2.75) is 42.4 Å².